The minimum atomic E-state index is -0.420. The van der Waals surface area contributed by atoms with Gasteiger partial charge >= 0.3 is 0 Å². The van der Waals surface area contributed by atoms with Gasteiger partial charge in [0.1, 0.15) is 5.56 Å². The first-order chi connectivity index (χ1) is 12.7. The van der Waals surface area contributed by atoms with E-state index in [0.29, 0.717) is 11.2 Å². The summed E-state index contributed by atoms with van der Waals surface area (Å²) in [5.41, 5.74) is 2.16. The van der Waals surface area contributed by atoms with Gasteiger partial charge in [-0.3, -0.25) is 9.59 Å². The monoisotopic (exact) mass is 349 g/mol. The molecule has 2 aromatic carbocycles. The summed E-state index contributed by atoms with van der Waals surface area (Å²) in [4.78, 5) is 29.7. The third-order valence-electron chi connectivity index (χ3n) is 4.50. The summed E-state index contributed by atoms with van der Waals surface area (Å²) in [6.07, 6.45) is 0. The number of aromatic amines is 1. The van der Waals surface area contributed by atoms with E-state index >= 15 is 0 Å². The molecule has 132 valence electrons. The molecule has 1 saturated heterocycles. The van der Waals surface area contributed by atoms with Crippen LogP contribution in [0, 0.1) is 0 Å². The lowest BCUT2D eigenvalue weighted by molar-refractivity contribution is 0.102. The molecule has 1 fully saturated rings. The SMILES string of the molecule is O=C(Nc1ccc(N2CCOCC2)cc1)c1cc2ccccc2[nH]c1=O. The van der Waals surface area contributed by atoms with Crippen LogP contribution < -0.4 is 15.8 Å². The van der Waals surface area contributed by atoms with E-state index in [1.54, 1.807) is 6.07 Å². The number of carbonyl (C=O) groups is 1. The summed E-state index contributed by atoms with van der Waals surface area (Å²) < 4.78 is 5.36. The van der Waals surface area contributed by atoms with E-state index in [0.717, 1.165) is 37.4 Å². The Morgan fingerprint density at radius 3 is 2.54 bits per heavy atom. The molecule has 1 aromatic heterocycles. The number of anilines is 2. The van der Waals surface area contributed by atoms with Gasteiger partial charge in [-0.1, -0.05) is 18.2 Å². The Balaban J connectivity index is 1.52. The van der Waals surface area contributed by atoms with Crippen molar-refractivity contribution in [2.45, 2.75) is 0 Å². The van der Waals surface area contributed by atoms with Crippen LogP contribution in [0.4, 0.5) is 11.4 Å². The van der Waals surface area contributed by atoms with Gasteiger partial charge in [-0.2, -0.15) is 0 Å². The first-order valence-electron chi connectivity index (χ1n) is 8.57. The van der Waals surface area contributed by atoms with Gasteiger partial charge in [0.05, 0.1) is 13.2 Å². The molecule has 2 heterocycles. The van der Waals surface area contributed by atoms with Gasteiger partial charge in [0.15, 0.2) is 0 Å². The van der Waals surface area contributed by atoms with Gasteiger partial charge in [0.2, 0.25) is 0 Å². The van der Waals surface area contributed by atoms with Crippen LogP contribution in [-0.2, 0) is 4.74 Å². The highest BCUT2D eigenvalue weighted by molar-refractivity contribution is 6.05. The molecule has 4 rings (SSSR count). The standard InChI is InChI=1S/C20H19N3O3/c24-19(17-13-14-3-1-2-4-18(14)22-20(17)25)21-15-5-7-16(8-6-15)23-9-11-26-12-10-23/h1-8,13H,9-12H2,(H,21,24)(H,22,25). The number of ether oxygens (including phenoxy) is 1. The highest BCUT2D eigenvalue weighted by atomic mass is 16.5. The molecule has 0 aliphatic carbocycles. The summed E-state index contributed by atoms with van der Waals surface area (Å²) in [5.74, 6) is -0.420. The highest BCUT2D eigenvalue weighted by Crippen LogP contribution is 2.19. The van der Waals surface area contributed by atoms with Gasteiger partial charge < -0.3 is 19.9 Å². The summed E-state index contributed by atoms with van der Waals surface area (Å²) in [6.45, 7) is 3.17. The number of para-hydroxylation sites is 1. The predicted octanol–water partition coefficient (Wildman–Crippen LogP) is 2.62. The number of nitrogens with zero attached hydrogens (tertiary/aromatic N) is 1. The molecule has 0 bridgehead atoms. The summed E-state index contributed by atoms with van der Waals surface area (Å²) in [7, 11) is 0. The molecule has 26 heavy (non-hydrogen) atoms. The van der Waals surface area contributed by atoms with E-state index in [1.807, 2.05) is 48.5 Å². The van der Waals surface area contributed by atoms with Crippen LogP contribution in [0.3, 0.4) is 0 Å². The molecule has 1 aliphatic heterocycles. The van der Waals surface area contributed by atoms with Crippen molar-refractivity contribution in [1.82, 2.24) is 4.98 Å². The average Bonchev–Trinajstić information content (AvgIpc) is 2.68. The minimum absolute atomic E-state index is 0.0981. The molecule has 6 heteroatoms. The van der Waals surface area contributed by atoms with Crippen molar-refractivity contribution >= 4 is 28.2 Å². The number of H-pyrrole nitrogens is 1. The molecule has 0 saturated carbocycles. The quantitative estimate of drug-likeness (QED) is 0.762. The van der Waals surface area contributed by atoms with E-state index in [9.17, 15) is 9.59 Å². The molecular formula is C20H19N3O3. The molecule has 3 aromatic rings. The topological polar surface area (TPSA) is 74.4 Å². The molecule has 1 aliphatic rings. The summed E-state index contributed by atoms with van der Waals surface area (Å²) in [5, 5.41) is 3.61. The molecule has 0 atom stereocenters. The maximum atomic E-state index is 12.5. The van der Waals surface area contributed by atoms with Crippen LogP contribution in [0.5, 0.6) is 0 Å². The fraction of sp³-hybridized carbons (Fsp3) is 0.200. The molecule has 0 radical (unpaired) electrons. The fourth-order valence-corrected chi connectivity index (χ4v) is 3.09. The van der Waals surface area contributed by atoms with Crippen molar-refractivity contribution < 1.29 is 9.53 Å². The number of hydrogen-bond acceptors (Lipinski definition) is 4. The predicted molar refractivity (Wildman–Crippen MR) is 102 cm³/mol. The first-order valence-corrected chi connectivity index (χ1v) is 8.57. The van der Waals surface area contributed by atoms with Gasteiger partial charge in [-0.25, -0.2) is 0 Å². The van der Waals surface area contributed by atoms with Crippen LogP contribution in [0.2, 0.25) is 0 Å². The smallest absolute Gasteiger partial charge is 0.261 e. The van der Waals surface area contributed by atoms with Crippen LogP contribution in [-0.4, -0.2) is 37.2 Å². The Morgan fingerprint density at radius 2 is 1.77 bits per heavy atom. The number of fused-ring (bicyclic) bond motifs is 1. The molecule has 2 N–H and O–H groups in total. The number of benzene rings is 2. The number of hydrogen-bond donors (Lipinski definition) is 2. The summed E-state index contributed by atoms with van der Waals surface area (Å²) in [6, 6.07) is 16.6. The Bertz CT molecular complexity index is 989. The van der Waals surface area contributed by atoms with E-state index < -0.39 is 11.5 Å². The van der Waals surface area contributed by atoms with Gasteiger partial charge in [0.25, 0.3) is 11.5 Å². The molecule has 1 amide bonds. The summed E-state index contributed by atoms with van der Waals surface area (Å²) >= 11 is 0. The zero-order valence-electron chi connectivity index (χ0n) is 14.2. The first kappa shape index (κ1) is 16.4. The van der Waals surface area contributed by atoms with Gasteiger partial charge in [-0.05, 0) is 41.8 Å². The number of aromatic nitrogens is 1. The lowest BCUT2D eigenvalue weighted by Gasteiger charge is -2.28. The third-order valence-corrected chi connectivity index (χ3v) is 4.50. The van der Waals surface area contributed by atoms with Crippen LogP contribution in [0.1, 0.15) is 10.4 Å². The fourth-order valence-electron chi connectivity index (χ4n) is 3.09. The largest absolute Gasteiger partial charge is 0.378 e. The van der Waals surface area contributed by atoms with Crippen molar-refractivity contribution in [3.8, 4) is 0 Å². The average molecular weight is 349 g/mol. The minimum Gasteiger partial charge on any atom is -0.378 e. The van der Waals surface area contributed by atoms with E-state index in [-0.39, 0.29) is 5.56 Å². The lowest BCUT2D eigenvalue weighted by Crippen LogP contribution is -2.36. The lowest BCUT2D eigenvalue weighted by atomic mass is 10.1. The van der Waals surface area contributed by atoms with Gasteiger partial charge in [0, 0.05) is 30.0 Å². The van der Waals surface area contributed by atoms with Crippen LogP contribution >= 0.6 is 0 Å². The normalized spacial score (nSPS) is 14.4. The maximum absolute atomic E-state index is 12.5. The van der Waals surface area contributed by atoms with Crippen molar-refractivity contribution in [2.24, 2.45) is 0 Å². The number of rotatable bonds is 3. The maximum Gasteiger partial charge on any atom is 0.261 e. The number of carbonyl (C=O) groups excluding carboxylic acids is 1. The van der Waals surface area contributed by atoms with Crippen molar-refractivity contribution in [1.29, 1.82) is 0 Å². The highest BCUT2D eigenvalue weighted by Gasteiger charge is 2.14. The molecule has 6 nitrogen and oxygen atoms in total. The van der Waals surface area contributed by atoms with E-state index in [1.165, 1.54) is 0 Å². The van der Waals surface area contributed by atoms with Crippen molar-refractivity contribution in [3.63, 3.8) is 0 Å². The Labute approximate surface area is 150 Å². The van der Waals surface area contributed by atoms with E-state index in [4.69, 9.17) is 4.74 Å². The Kier molecular flexibility index (Phi) is 4.41. The Hall–Kier alpha value is -3.12. The second-order valence-corrected chi connectivity index (χ2v) is 6.20. The van der Waals surface area contributed by atoms with E-state index in [2.05, 4.69) is 15.2 Å². The zero-order chi connectivity index (χ0) is 17.9. The second-order valence-electron chi connectivity index (χ2n) is 6.20. The second kappa shape index (κ2) is 7.01. The Morgan fingerprint density at radius 1 is 1.04 bits per heavy atom. The number of amides is 1. The molecule has 0 spiro atoms. The van der Waals surface area contributed by atoms with Crippen molar-refractivity contribution in [3.05, 3.63) is 70.5 Å². The van der Waals surface area contributed by atoms with Crippen molar-refractivity contribution in [2.75, 3.05) is 36.5 Å². The van der Waals surface area contributed by atoms with Gasteiger partial charge in [-0.15, -0.1) is 0 Å². The third kappa shape index (κ3) is 3.32. The zero-order valence-corrected chi connectivity index (χ0v) is 14.2. The number of pyridine rings is 1. The number of nitrogens with one attached hydrogen (secondary N) is 2. The van der Waals surface area contributed by atoms with Crippen LogP contribution in [0.25, 0.3) is 10.9 Å². The molecule has 0 unspecified atom stereocenters. The molecular weight excluding hydrogens is 330 g/mol. The number of morpholine rings is 1. The van der Waals surface area contributed by atoms with Crippen LogP contribution in [0.15, 0.2) is 59.4 Å².